The first kappa shape index (κ1) is 12.4. The van der Waals surface area contributed by atoms with Gasteiger partial charge < -0.3 is 21.3 Å². The molecule has 0 bridgehead atoms. The molecular formula is C10H20N2O3. The van der Waals surface area contributed by atoms with Crippen LogP contribution in [-0.2, 0) is 4.79 Å². The molecule has 15 heavy (non-hydrogen) atoms. The Bertz CT molecular complexity index is 223. The van der Waals surface area contributed by atoms with Crippen LogP contribution in [0.4, 0.5) is 0 Å². The third-order valence-corrected chi connectivity index (χ3v) is 3.00. The molecule has 0 saturated heterocycles. The van der Waals surface area contributed by atoms with Crippen molar-refractivity contribution in [3.8, 4) is 0 Å². The van der Waals surface area contributed by atoms with Gasteiger partial charge in [-0.2, -0.15) is 0 Å². The fourth-order valence-electron chi connectivity index (χ4n) is 1.90. The van der Waals surface area contributed by atoms with E-state index in [1.54, 1.807) is 0 Å². The lowest BCUT2D eigenvalue weighted by atomic mass is 9.84. The predicted octanol–water partition coefficient (Wildman–Crippen LogP) is -1.03. The molecule has 1 aliphatic carbocycles. The van der Waals surface area contributed by atoms with E-state index in [1.165, 1.54) is 0 Å². The van der Waals surface area contributed by atoms with Gasteiger partial charge in [-0.05, 0) is 25.2 Å². The number of amides is 1. The van der Waals surface area contributed by atoms with Crippen molar-refractivity contribution in [1.29, 1.82) is 0 Å². The predicted molar refractivity (Wildman–Crippen MR) is 56.0 cm³/mol. The minimum Gasteiger partial charge on any atom is -0.394 e. The van der Waals surface area contributed by atoms with Crippen LogP contribution in [0.3, 0.4) is 0 Å². The fraction of sp³-hybridized carbons (Fsp3) is 0.900. The molecule has 1 aliphatic rings. The van der Waals surface area contributed by atoms with E-state index in [9.17, 15) is 9.90 Å². The molecule has 1 saturated carbocycles. The van der Waals surface area contributed by atoms with E-state index in [0.717, 1.165) is 12.8 Å². The third kappa shape index (κ3) is 3.44. The summed E-state index contributed by atoms with van der Waals surface area (Å²) in [7, 11) is 0. The second-order valence-corrected chi connectivity index (χ2v) is 4.35. The molecule has 1 fully saturated rings. The van der Waals surface area contributed by atoms with E-state index in [4.69, 9.17) is 10.8 Å². The summed E-state index contributed by atoms with van der Waals surface area (Å²) in [5, 5.41) is 21.0. The van der Waals surface area contributed by atoms with Crippen LogP contribution >= 0.6 is 0 Å². The molecule has 0 aliphatic heterocycles. The quantitative estimate of drug-likeness (QED) is 0.485. The topological polar surface area (TPSA) is 95.6 Å². The molecule has 0 heterocycles. The van der Waals surface area contributed by atoms with Gasteiger partial charge in [0.15, 0.2) is 0 Å². The lowest BCUT2D eigenvalue weighted by Gasteiger charge is -2.32. The molecule has 88 valence electrons. The van der Waals surface area contributed by atoms with Crippen molar-refractivity contribution in [2.24, 2.45) is 11.7 Å². The molecule has 0 aromatic heterocycles. The second kappa shape index (κ2) is 5.44. The maximum Gasteiger partial charge on any atom is 0.239 e. The summed E-state index contributed by atoms with van der Waals surface area (Å²) >= 11 is 0. The first-order valence-electron chi connectivity index (χ1n) is 5.39. The van der Waals surface area contributed by atoms with Crippen LogP contribution in [0.15, 0.2) is 0 Å². The van der Waals surface area contributed by atoms with Crippen molar-refractivity contribution < 1.29 is 15.0 Å². The van der Waals surface area contributed by atoms with Gasteiger partial charge in [0.2, 0.25) is 5.91 Å². The number of aliphatic hydroxyl groups is 2. The molecule has 1 amide bonds. The normalized spacial score (nSPS) is 33.5. The summed E-state index contributed by atoms with van der Waals surface area (Å²) in [6.07, 6.45) is 1.99. The fourth-order valence-corrected chi connectivity index (χ4v) is 1.90. The first-order valence-corrected chi connectivity index (χ1v) is 5.39. The average Bonchev–Trinajstić information content (AvgIpc) is 2.22. The van der Waals surface area contributed by atoms with Crippen LogP contribution in [0.1, 0.15) is 26.2 Å². The van der Waals surface area contributed by atoms with Crippen molar-refractivity contribution in [3.63, 3.8) is 0 Å². The third-order valence-electron chi connectivity index (χ3n) is 3.00. The maximum absolute atomic E-state index is 11.4. The SMILES string of the molecule is C[C@@H]1C[C@@H](NC(=O)[C@@H](N)CO)CCC1O. The monoisotopic (exact) mass is 216 g/mol. The zero-order valence-corrected chi connectivity index (χ0v) is 9.02. The molecule has 5 N–H and O–H groups in total. The first-order chi connectivity index (χ1) is 7.04. The Morgan fingerprint density at radius 1 is 1.60 bits per heavy atom. The number of hydrogen-bond donors (Lipinski definition) is 4. The number of nitrogens with one attached hydrogen (secondary N) is 1. The van der Waals surface area contributed by atoms with E-state index in [1.807, 2.05) is 6.92 Å². The zero-order chi connectivity index (χ0) is 11.4. The van der Waals surface area contributed by atoms with Gasteiger partial charge in [-0.15, -0.1) is 0 Å². The molecule has 5 nitrogen and oxygen atoms in total. The summed E-state index contributed by atoms with van der Waals surface area (Å²) in [6, 6.07) is -0.763. The van der Waals surface area contributed by atoms with Crippen molar-refractivity contribution >= 4 is 5.91 Å². The number of rotatable bonds is 3. The Hall–Kier alpha value is -0.650. The van der Waals surface area contributed by atoms with Gasteiger partial charge in [-0.1, -0.05) is 6.92 Å². The number of aliphatic hydroxyl groups excluding tert-OH is 2. The molecule has 0 aromatic carbocycles. The van der Waals surface area contributed by atoms with Gasteiger partial charge in [0.1, 0.15) is 6.04 Å². The second-order valence-electron chi connectivity index (χ2n) is 4.35. The van der Waals surface area contributed by atoms with Crippen molar-refractivity contribution in [2.45, 2.75) is 44.4 Å². The van der Waals surface area contributed by atoms with Gasteiger partial charge in [0.25, 0.3) is 0 Å². The van der Waals surface area contributed by atoms with Crippen LogP contribution in [0.5, 0.6) is 0 Å². The van der Waals surface area contributed by atoms with E-state index >= 15 is 0 Å². The minimum absolute atomic E-state index is 0.0773. The number of hydrogen-bond acceptors (Lipinski definition) is 4. The largest absolute Gasteiger partial charge is 0.394 e. The van der Waals surface area contributed by atoms with E-state index < -0.39 is 6.04 Å². The van der Waals surface area contributed by atoms with Crippen LogP contribution in [-0.4, -0.2) is 40.9 Å². The Balaban J connectivity index is 2.36. The zero-order valence-electron chi connectivity index (χ0n) is 9.02. The summed E-state index contributed by atoms with van der Waals surface area (Å²) in [4.78, 5) is 11.4. The van der Waals surface area contributed by atoms with Crippen molar-refractivity contribution in [1.82, 2.24) is 5.32 Å². The molecule has 0 spiro atoms. The van der Waals surface area contributed by atoms with E-state index in [0.29, 0.717) is 6.42 Å². The molecule has 0 aromatic rings. The molecule has 5 heteroatoms. The highest BCUT2D eigenvalue weighted by atomic mass is 16.3. The summed E-state index contributed by atoms with van der Waals surface area (Å²) in [6.45, 7) is 1.63. The lowest BCUT2D eigenvalue weighted by Crippen LogP contribution is -2.49. The lowest BCUT2D eigenvalue weighted by molar-refractivity contribution is -0.124. The Morgan fingerprint density at radius 2 is 2.27 bits per heavy atom. The smallest absolute Gasteiger partial charge is 0.239 e. The molecular weight excluding hydrogens is 196 g/mol. The Kier molecular flexibility index (Phi) is 4.50. The van der Waals surface area contributed by atoms with Crippen LogP contribution in [0.25, 0.3) is 0 Å². The standard InChI is InChI=1S/C10H20N2O3/c1-6-4-7(2-3-9(6)14)12-10(15)8(11)5-13/h6-9,13-14H,2-5,11H2,1H3,(H,12,15)/t6-,7+,8+,9?/m1/s1. The Morgan fingerprint density at radius 3 is 2.80 bits per heavy atom. The maximum atomic E-state index is 11.4. The summed E-state index contributed by atoms with van der Waals surface area (Å²) in [5.41, 5.74) is 5.38. The van der Waals surface area contributed by atoms with E-state index in [-0.39, 0.29) is 30.6 Å². The molecule has 4 atom stereocenters. The van der Waals surface area contributed by atoms with Crippen molar-refractivity contribution in [3.05, 3.63) is 0 Å². The van der Waals surface area contributed by atoms with Crippen LogP contribution in [0, 0.1) is 5.92 Å². The Labute approximate surface area is 89.7 Å². The minimum atomic E-state index is -0.841. The summed E-state index contributed by atoms with van der Waals surface area (Å²) < 4.78 is 0. The van der Waals surface area contributed by atoms with Gasteiger partial charge in [0.05, 0.1) is 12.7 Å². The highest BCUT2D eigenvalue weighted by Crippen LogP contribution is 2.24. The van der Waals surface area contributed by atoms with Gasteiger partial charge >= 0.3 is 0 Å². The van der Waals surface area contributed by atoms with Crippen LogP contribution in [0.2, 0.25) is 0 Å². The highest BCUT2D eigenvalue weighted by Gasteiger charge is 2.27. The van der Waals surface area contributed by atoms with Gasteiger partial charge in [-0.3, -0.25) is 4.79 Å². The number of carbonyl (C=O) groups is 1. The number of carbonyl (C=O) groups excluding carboxylic acids is 1. The van der Waals surface area contributed by atoms with Gasteiger partial charge in [-0.25, -0.2) is 0 Å². The molecule has 0 radical (unpaired) electrons. The molecule has 1 unspecified atom stereocenters. The van der Waals surface area contributed by atoms with Gasteiger partial charge in [0, 0.05) is 6.04 Å². The van der Waals surface area contributed by atoms with Crippen molar-refractivity contribution in [2.75, 3.05) is 6.61 Å². The number of nitrogens with two attached hydrogens (primary N) is 1. The van der Waals surface area contributed by atoms with Crippen LogP contribution < -0.4 is 11.1 Å². The highest BCUT2D eigenvalue weighted by molar-refractivity contribution is 5.81. The average molecular weight is 216 g/mol. The van der Waals surface area contributed by atoms with E-state index in [2.05, 4.69) is 5.32 Å². The summed E-state index contributed by atoms with van der Waals surface area (Å²) in [5.74, 6) is -0.111. The molecule has 1 rings (SSSR count).